The molecule has 114 valence electrons. The number of hydrogen-bond donors (Lipinski definition) is 1. The predicted octanol–water partition coefficient (Wildman–Crippen LogP) is 3.56. The minimum Gasteiger partial charge on any atom is -0.392 e. The van der Waals surface area contributed by atoms with Gasteiger partial charge in [-0.05, 0) is 43.5 Å². The Morgan fingerprint density at radius 1 is 1.24 bits per heavy atom. The van der Waals surface area contributed by atoms with Gasteiger partial charge in [-0.3, -0.25) is 0 Å². The van der Waals surface area contributed by atoms with E-state index < -0.39 is 18.3 Å². The molecule has 2 rings (SSSR count). The van der Waals surface area contributed by atoms with Crippen molar-refractivity contribution in [2.45, 2.75) is 40.0 Å². The lowest BCUT2D eigenvalue weighted by molar-refractivity contribution is -0.137. The SMILES string of the molecule is CCc1c(C)nn(-c2ccc(CO)cc2C(F)(F)F)c1C. The Morgan fingerprint density at radius 2 is 1.90 bits per heavy atom. The van der Waals surface area contributed by atoms with Gasteiger partial charge in [0.25, 0.3) is 0 Å². The summed E-state index contributed by atoms with van der Waals surface area (Å²) in [5.41, 5.74) is 1.81. The Kier molecular flexibility index (Phi) is 4.09. The molecule has 1 aromatic heterocycles. The molecule has 1 aromatic carbocycles. The minimum absolute atomic E-state index is 0.0139. The summed E-state index contributed by atoms with van der Waals surface area (Å²) < 4.78 is 41.1. The van der Waals surface area contributed by atoms with Crippen LogP contribution < -0.4 is 0 Å². The molecule has 1 heterocycles. The number of aromatic nitrogens is 2. The van der Waals surface area contributed by atoms with E-state index >= 15 is 0 Å². The van der Waals surface area contributed by atoms with Gasteiger partial charge in [-0.1, -0.05) is 13.0 Å². The Labute approximate surface area is 121 Å². The van der Waals surface area contributed by atoms with Crippen molar-refractivity contribution in [3.05, 3.63) is 46.3 Å². The average Bonchev–Trinajstić information content (AvgIpc) is 2.71. The van der Waals surface area contributed by atoms with Crippen LogP contribution in [0.4, 0.5) is 13.2 Å². The van der Waals surface area contributed by atoms with Crippen LogP contribution in [-0.4, -0.2) is 14.9 Å². The molecule has 0 unspecified atom stereocenters. The number of benzene rings is 1. The summed E-state index contributed by atoms with van der Waals surface area (Å²) in [7, 11) is 0. The number of hydrogen-bond acceptors (Lipinski definition) is 2. The van der Waals surface area contributed by atoms with Gasteiger partial charge in [-0.15, -0.1) is 0 Å². The topological polar surface area (TPSA) is 38.0 Å². The zero-order chi connectivity index (χ0) is 15.8. The van der Waals surface area contributed by atoms with E-state index in [9.17, 15) is 13.2 Å². The average molecular weight is 298 g/mol. The van der Waals surface area contributed by atoms with Gasteiger partial charge in [0.1, 0.15) is 0 Å². The van der Waals surface area contributed by atoms with Crippen molar-refractivity contribution in [3.63, 3.8) is 0 Å². The first-order valence-corrected chi connectivity index (χ1v) is 6.66. The molecule has 0 saturated heterocycles. The van der Waals surface area contributed by atoms with Crippen LogP contribution in [0.5, 0.6) is 0 Å². The van der Waals surface area contributed by atoms with Crippen LogP contribution in [0.3, 0.4) is 0 Å². The summed E-state index contributed by atoms with van der Waals surface area (Å²) in [6.07, 6.45) is -3.78. The highest BCUT2D eigenvalue weighted by Crippen LogP contribution is 2.35. The van der Waals surface area contributed by atoms with E-state index in [0.29, 0.717) is 12.1 Å². The molecule has 0 atom stereocenters. The third-order valence-electron chi connectivity index (χ3n) is 3.57. The van der Waals surface area contributed by atoms with Crippen LogP contribution in [0.1, 0.15) is 35.0 Å². The Hall–Kier alpha value is -1.82. The fourth-order valence-corrected chi connectivity index (χ4v) is 2.51. The normalized spacial score (nSPS) is 12.0. The first kappa shape index (κ1) is 15.6. The van der Waals surface area contributed by atoms with E-state index in [0.717, 1.165) is 17.3 Å². The largest absolute Gasteiger partial charge is 0.418 e. The van der Waals surface area contributed by atoms with Crippen molar-refractivity contribution >= 4 is 0 Å². The molecule has 0 amide bonds. The molecule has 0 aliphatic heterocycles. The minimum atomic E-state index is -4.50. The summed E-state index contributed by atoms with van der Waals surface area (Å²) in [5, 5.41) is 13.3. The van der Waals surface area contributed by atoms with Crippen molar-refractivity contribution in [3.8, 4) is 5.69 Å². The number of alkyl halides is 3. The number of halogens is 3. The maximum Gasteiger partial charge on any atom is 0.418 e. The van der Waals surface area contributed by atoms with Crippen molar-refractivity contribution in [2.75, 3.05) is 0 Å². The number of nitrogens with zero attached hydrogens (tertiary/aromatic N) is 2. The molecule has 0 aliphatic rings. The van der Waals surface area contributed by atoms with Crippen LogP contribution in [0.15, 0.2) is 18.2 Å². The first-order chi connectivity index (χ1) is 9.79. The quantitative estimate of drug-likeness (QED) is 0.941. The number of aliphatic hydroxyl groups is 1. The molecular formula is C15H17F3N2O. The number of rotatable bonds is 3. The molecule has 0 bridgehead atoms. The molecule has 0 fully saturated rings. The molecular weight excluding hydrogens is 281 g/mol. The van der Waals surface area contributed by atoms with Crippen LogP contribution in [0, 0.1) is 13.8 Å². The van der Waals surface area contributed by atoms with Gasteiger partial charge in [0, 0.05) is 5.69 Å². The Bertz CT molecular complexity index is 660. The molecule has 2 aromatic rings. The van der Waals surface area contributed by atoms with E-state index in [1.807, 2.05) is 6.92 Å². The fourth-order valence-electron chi connectivity index (χ4n) is 2.51. The monoisotopic (exact) mass is 298 g/mol. The maximum atomic E-state index is 13.2. The highest BCUT2D eigenvalue weighted by Gasteiger charge is 2.35. The number of aliphatic hydroxyl groups excluding tert-OH is 1. The van der Waals surface area contributed by atoms with E-state index in [1.165, 1.54) is 16.8 Å². The summed E-state index contributed by atoms with van der Waals surface area (Å²) in [6.45, 7) is 5.07. The van der Waals surface area contributed by atoms with E-state index in [4.69, 9.17) is 5.11 Å². The first-order valence-electron chi connectivity index (χ1n) is 6.66. The van der Waals surface area contributed by atoms with Gasteiger partial charge in [-0.25, -0.2) is 4.68 Å². The molecule has 21 heavy (non-hydrogen) atoms. The Balaban J connectivity index is 2.69. The van der Waals surface area contributed by atoms with Gasteiger partial charge in [-0.2, -0.15) is 18.3 Å². The molecule has 0 saturated carbocycles. The standard InChI is InChI=1S/C15H17F3N2O/c1-4-12-9(2)19-20(10(12)3)14-6-5-11(8-21)7-13(14)15(16,17)18/h5-7,21H,4,8H2,1-3H3. The van der Waals surface area contributed by atoms with Crippen LogP contribution >= 0.6 is 0 Å². The van der Waals surface area contributed by atoms with Gasteiger partial charge in [0.05, 0.1) is 23.6 Å². The summed E-state index contributed by atoms with van der Waals surface area (Å²) >= 11 is 0. The second-order valence-electron chi connectivity index (χ2n) is 4.92. The van der Waals surface area contributed by atoms with Crippen molar-refractivity contribution in [1.82, 2.24) is 9.78 Å². The van der Waals surface area contributed by atoms with E-state index in [1.54, 1.807) is 13.8 Å². The highest BCUT2D eigenvalue weighted by molar-refractivity contribution is 5.47. The second kappa shape index (κ2) is 5.52. The molecule has 0 radical (unpaired) electrons. The van der Waals surface area contributed by atoms with Crippen molar-refractivity contribution < 1.29 is 18.3 Å². The smallest absolute Gasteiger partial charge is 0.392 e. The lowest BCUT2D eigenvalue weighted by Gasteiger charge is -2.15. The highest BCUT2D eigenvalue weighted by atomic mass is 19.4. The molecule has 3 nitrogen and oxygen atoms in total. The van der Waals surface area contributed by atoms with E-state index in [2.05, 4.69) is 5.10 Å². The third kappa shape index (κ3) is 2.81. The number of aryl methyl sites for hydroxylation is 1. The Morgan fingerprint density at radius 3 is 2.38 bits per heavy atom. The van der Waals surface area contributed by atoms with Gasteiger partial charge < -0.3 is 5.11 Å². The van der Waals surface area contributed by atoms with E-state index in [-0.39, 0.29) is 11.3 Å². The van der Waals surface area contributed by atoms with Crippen molar-refractivity contribution in [2.24, 2.45) is 0 Å². The second-order valence-corrected chi connectivity index (χ2v) is 4.92. The fraction of sp³-hybridized carbons (Fsp3) is 0.400. The third-order valence-corrected chi connectivity index (χ3v) is 3.57. The molecule has 0 aliphatic carbocycles. The summed E-state index contributed by atoms with van der Waals surface area (Å²) in [5.74, 6) is 0. The lowest BCUT2D eigenvalue weighted by Crippen LogP contribution is -2.13. The molecule has 0 spiro atoms. The van der Waals surface area contributed by atoms with Gasteiger partial charge in [0.2, 0.25) is 0 Å². The molecule has 1 N–H and O–H groups in total. The van der Waals surface area contributed by atoms with Gasteiger partial charge in [0.15, 0.2) is 0 Å². The van der Waals surface area contributed by atoms with Crippen LogP contribution in [0.2, 0.25) is 0 Å². The lowest BCUT2D eigenvalue weighted by atomic mass is 10.1. The van der Waals surface area contributed by atoms with Crippen LogP contribution in [-0.2, 0) is 19.2 Å². The van der Waals surface area contributed by atoms with Gasteiger partial charge >= 0.3 is 6.18 Å². The predicted molar refractivity (Wildman–Crippen MR) is 73.3 cm³/mol. The zero-order valence-corrected chi connectivity index (χ0v) is 12.1. The zero-order valence-electron chi connectivity index (χ0n) is 12.1. The summed E-state index contributed by atoms with van der Waals surface area (Å²) in [6, 6.07) is 3.80. The van der Waals surface area contributed by atoms with Crippen LogP contribution in [0.25, 0.3) is 5.69 Å². The summed E-state index contributed by atoms with van der Waals surface area (Å²) in [4.78, 5) is 0. The molecule has 6 heteroatoms. The maximum absolute atomic E-state index is 13.2. The van der Waals surface area contributed by atoms with Crippen molar-refractivity contribution in [1.29, 1.82) is 0 Å².